The first-order valence-electron chi connectivity index (χ1n) is 7.25. The van der Waals surface area contributed by atoms with Gasteiger partial charge in [0.1, 0.15) is 0 Å². The summed E-state index contributed by atoms with van der Waals surface area (Å²) in [5.74, 6) is 0.442. The number of nitrogens with one attached hydrogen (secondary N) is 3. The maximum absolute atomic E-state index is 11.8. The number of halogens is 1. The summed E-state index contributed by atoms with van der Waals surface area (Å²) in [6.45, 7) is 0. The molecule has 1 heterocycles. The van der Waals surface area contributed by atoms with Crippen LogP contribution < -0.4 is 16.0 Å². The molecule has 3 aromatic rings. The molecule has 0 aliphatic carbocycles. The predicted octanol–water partition coefficient (Wildman–Crippen LogP) is 3.85. The van der Waals surface area contributed by atoms with Crippen LogP contribution in [-0.2, 0) is 0 Å². The van der Waals surface area contributed by atoms with E-state index >= 15 is 0 Å². The minimum Gasteiger partial charge on any atom is -0.505 e. The van der Waals surface area contributed by atoms with Gasteiger partial charge in [-0.15, -0.1) is 0 Å². The van der Waals surface area contributed by atoms with Gasteiger partial charge in [-0.25, -0.2) is 0 Å². The van der Waals surface area contributed by atoms with Crippen molar-refractivity contribution in [2.24, 2.45) is 0 Å². The minimum absolute atomic E-state index is 0.151. The Labute approximate surface area is 156 Å². The Balaban J connectivity index is 1.87. The third-order valence-corrected chi connectivity index (χ3v) is 4.60. The molecule has 0 atom stereocenters. The standard InChI is InChI=1S/C16H14BrN5O2S/c1-18-16(24)9-5-4-8-12(13(9)23)20-15-14(21-25-22-15)19-11-7-3-2-6-10(11)17/h2-8,23H,1H3,(H,18,24)(H,19,21)(H,20,22). The number of nitrogens with zero attached hydrogens (tertiary/aromatic N) is 2. The molecule has 0 aliphatic heterocycles. The van der Waals surface area contributed by atoms with Crippen LogP contribution in [0.5, 0.6) is 5.75 Å². The zero-order valence-electron chi connectivity index (χ0n) is 13.1. The van der Waals surface area contributed by atoms with E-state index in [0.29, 0.717) is 17.3 Å². The van der Waals surface area contributed by atoms with Gasteiger partial charge in [-0.1, -0.05) is 18.2 Å². The van der Waals surface area contributed by atoms with Gasteiger partial charge in [-0.05, 0) is 40.2 Å². The van der Waals surface area contributed by atoms with Crippen molar-refractivity contribution in [1.82, 2.24) is 14.1 Å². The van der Waals surface area contributed by atoms with E-state index in [1.807, 2.05) is 24.3 Å². The van der Waals surface area contributed by atoms with Gasteiger partial charge in [0.05, 0.1) is 28.7 Å². The summed E-state index contributed by atoms with van der Waals surface area (Å²) in [5, 5.41) is 19.0. The third kappa shape index (κ3) is 3.72. The van der Waals surface area contributed by atoms with Crippen LogP contribution in [0.25, 0.3) is 0 Å². The topological polar surface area (TPSA) is 99.2 Å². The molecule has 0 fully saturated rings. The number of amides is 1. The van der Waals surface area contributed by atoms with Crippen LogP contribution in [0.4, 0.5) is 23.0 Å². The summed E-state index contributed by atoms with van der Waals surface area (Å²) in [4.78, 5) is 11.8. The fourth-order valence-electron chi connectivity index (χ4n) is 2.13. The molecule has 0 bridgehead atoms. The summed E-state index contributed by atoms with van der Waals surface area (Å²) < 4.78 is 9.32. The van der Waals surface area contributed by atoms with E-state index in [-0.39, 0.29) is 17.2 Å². The lowest BCUT2D eigenvalue weighted by Gasteiger charge is -2.11. The molecule has 0 radical (unpaired) electrons. The van der Waals surface area contributed by atoms with Crippen molar-refractivity contribution in [3.05, 3.63) is 52.5 Å². The van der Waals surface area contributed by atoms with E-state index < -0.39 is 0 Å². The monoisotopic (exact) mass is 419 g/mol. The average molecular weight is 420 g/mol. The Morgan fingerprint density at radius 3 is 2.36 bits per heavy atom. The first-order valence-corrected chi connectivity index (χ1v) is 8.77. The highest BCUT2D eigenvalue weighted by atomic mass is 79.9. The van der Waals surface area contributed by atoms with Gasteiger partial charge in [0, 0.05) is 11.5 Å². The second-order valence-electron chi connectivity index (χ2n) is 4.97. The summed E-state index contributed by atoms with van der Waals surface area (Å²) in [6.07, 6.45) is 0. The molecule has 7 nitrogen and oxygen atoms in total. The quantitative estimate of drug-likeness (QED) is 0.468. The molecule has 0 unspecified atom stereocenters. The van der Waals surface area contributed by atoms with Gasteiger partial charge in [-0.3, -0.25) is 4.79 Å². The lowest BCUT2D eigenvalue weighted by Crippen LogP contribution is -2.18. The lowest BCUT2D eigenvalue weighted by molar-refractivity contribution is 0.0960. The largest absolute Gasteiger partial charge is 0.505 e. The van der Waals surface area contributed by atoms with Crippen LogP contribution in [0.1, 0.15) is 10.4 Å². The molecule has 9 heteroatoms. The molecule has 2 aromatic carbocycles. The molecule has 1 amide bonds. The molecule has 0 saturated heterocycles. The number of anilines is 4. The van der Waals surface area contributed by atoms with Crippen LogP contribution >= 0.6 is 27.7 Å². The van der Waals surface area contributed by atoms with Crippen molar-refractivity contribution in [2.45, 2.75) is 0 Å². The summed E-state index contributed by atoms with van der Waals surface area (Å²) in [5.41, 5.74) is 1.38. The Kier molecular flexibility index (Phi) is 5.15. The van der Waals surface area contributed by atoms with Crippen LogP contribution in [-0.4, -0.2) is 26.8 Å². The van der Waals surface area contributed by atoms with Crippen molar-refractivity contribution < 1.29 is 9.90 Å². The van der Waals surface area contributed by atoms with Crippen LogP contribution in [0.3, 0.4) is 0 Å². The van der Waals surface area contributed by atoms with Gasteiger partial charge in [0.25, 0.3) is 5.91 Å². The molecular formula is C16H14BrN5O2S. The highest BCUT2D eigenvalue weighted by molar-refractivity contribution is 9.10. The van der Waals surface area contributed by atoms with E-state index in [1.54, 1.807) is 18.2 Å². The van der Waals surface area contributed by atoms with E-state index in [9.17, 15) is 9.90 Å². The molecule has 0 saturated carbocycles. The smallest absolute Gasteiger partial charge is 0.254 e. The molecule has 3 rings (SSSR count). The highest BCUT2D eigenvalue weighted by Gasteiger charge is 2.16. The van der Waals surface area contributed by atoms with Crippen LogP contribution in [0, 0.1) is 0 Å². The molecule has 4 N–H and O–H groups in total. The highest BCUT2D eigenvalue weighted by Crippen LogP contribution is 2.34. The number of phenols is 1. The summed E-state index contributed by atoms with van der Waals surface area (Å²) in [6, 6.07) is 12.5. The Hall–Kier alpha value is -2.65. The van der Waals surface area contributed by atoms with Crippen LogP contribution in [0.15, 0.2) is 46.9 Å². The number of carbonyl (C=O) groups is 1. The van der Waals surface area contributed by atoms with E-state index in [4.69, 9.17) is 0 Å². The molecule has 25 heavy (non-hydrogen) atoms. The van der Waals surface area contributed by atoms with Gasteiger partial charge in [-0.2, -0.15) is 8.75 Å². The number of rotatable bonds is 5. The SMILES string of the molecule is CNC(=O)c1cccc(Nc2nsnc2Nc2ccccc2Br)c1O. The molecule has 0 spiro atoms. The second kappa shape index (κ2) is 7.49. The minimum atomic E-state index is -0.371. The van der Waals surface area contributed by atoms with Gasteiger partial charge < -0.3 is 21.1 Å². The first-order chi connectivity index (χ1) is 12.1. The van der Waals surface area contributed by atoms with E-state index in [1.165, 1.54) is 7.05 Å². The van der Waals surface area contributed by atoms with Gasteiger partial charge >= 0.3 is 0 Å². The Morgan fingerprint density at radius 2 is 1.68 bits per heavy atom. The number of hydrogen-bond donors (Lipinski definition) is 4. The number of aromatic hydroxyl groups is 1. The van der Waals surface area contributed by atoms with E-state index in [2.05, 4.69) is 40.6 Å². The summed E-state index contributed by atoms with van der Waals surface area (Å²) >= 11 is 4.50. The van der Waals surface area contributed by atoms with Crippen LogP contribution in [0.2, 0.25) is 0 Å². The van der Waals surface area contributed by atoms with Crippen molar-refractivity contribution >= 4 is 56.6 Å². The lowest BCUT2D eigenvalue weighted by atomic mass is 10.1. The zero-order valence-corrected chi connectivity index (χ0v) is 15.5. The zero-order chi connectivity index (χ0) is 17.8. The fourth-order valence-corrected chi connectivity index (χ4v) is 2.98. The van der Waals surface area contributed by atoms with Gasteiger partial charge in [0.15, 0.2) is 17.4 Å². The number of benzene rings is 2. The Morgan fingerprint density at radius 1 is 1.04 bits per heavy atom. The fraction of sp³-hybridized carbons (Fsp3) is 0.0625. The first kappa shape index (κ1) is 17.2. The second-order valence-corrected chi connectivity index (χ2v) is 6.35. The van der Waals surface area contributed by atoms with E-state index in [0.717, 1.165) is 21.9 Å². The average Bonchev–Trinajstić information content (AvgIpc) is 3.05. The Bertz CT molecular complexity index is 915. The predicted molar refractivity (Wildman–Crippen MR) is 102 cm³/mol. The molecule has 128 valence electrons. The van der Waals surface area contributed by atoms with Crippen molar-refractivity contribution in [2.75, 3.05) is 17.7 Å². The summed E-state index contributed by atoms with van der Waals surface area (Å²) in [7, 11) is 1.51. The maximum atomic E-state index is 11.8. The third-order valence-electron chi connectivity index (χ3n) is 3.38. The van der Waals surface area contributed by atoms with Gasteiger partial charge in [0.2, 0.25) is 0 Å². The number of phenolic OH excluding ortho intramolecular Hbond substituents is 1. The van der Waals surface area contributed by atoms with Crippen molar-refractivity contribution in [3.63, 3.8) is 0 Å². The number of carbonyl (C=O) groups excluding carboxylic acids is 1. The number of aromatic nitrogens is 2. The molecule has 1 aromatic heterocycles. The molecule has 0 aliphatic rings. The number of hydrogen-bond acceptors (Lipinski definition) is 7. The number of para-hydroxylation sites is 2. The molecular weight excluding hydrogens is 406 g/mol. The van der Waals surface area contributed by atoms with Crippen molar-refractivity contribution in [1.29, 1.82) is 0 Å². The van der Waals surface area contributed by atoms with Crippen molar-refractivity contribution in [3.8, 4) is 5.75 Å². The normalized spacial score (nSPS) is 10.3. The maximum Gasteiger partial charge on any atom is 0.254 e.